The summed E-state index contributed by atoms with van der Waals surface area (Å²) < 4.78 is 15.7. The normalized spacial score (nSPS) is 11.1. The smallest absolute Gasteiger partial charge is 0.340 e. The van der Waals surface area contributed by atoms with E-state index in [1.54, 1.807) is 24.3 Å². The van der Waals surface area contributed by atoms with Crippen LogP contribution < -0.4 is 17.2 Å². The second-order valence-electron chi connectivity index (χ2n) is 5.01. The predicted molar refractivity (Wildman–Crippen MR) is 97.0 cm³/mol. The van der Waals surface area contributed by atoms with E-state index in [0.717, 1.165) is 0 Å². The third-order valence-electron chi connectivity index (χ3n) is 3.41. The van der Waals surface area contributed by atoms with E-state index in [0.29, 0.717) is 11.4 Å². The van der Waals surface area contributed by atoms with Crippen LogP contribution in [0.5, 0.6) is 0 Å². The van der Waals surface area contributed by atoms with E-state index in [-0.39, 0.29) is 16.7 Å². The maximum absolute atomic E-state index is 13.2. The number of thiocarbonyl (C=S) groups is 1. The van der Waals surface area contributed by atoms with Gasteiger partial charge < -0.3 is 11.5 Å². The molecule has 0 radical (unpaired) electrons. The number of hydrogen-bond donors (Lipinski definition) is 2. The highest BCUT2D eigenvalue weighted by Crippen LogP contribution is 2.27. The quantitative estimate of drug-likeness (QED) is 0.556. The molecule has 0 aliphatic rings. The van der Waals surface area contributed by atoms with Crippen molar-refractivity contribution < 1.29 is 4.39 Å². The van der Waals surface area contributed by atoms with Gasteiger partial charge in [-0.2, -0.15) is 0 Å². The summed E-state index contributed by atoms with van der Waals surface area (Å²) in [5.74, 6) is -0.327. The fourth-order valence-electron chi connectivity index (χ4n) is 2.35. The number of halogens is 1. The highest BCUT2D eigenvalue weighted by atomic mass is 32.1. The number of azo groups is 1. The number of benzene rings is 2. The lowest BCUT2D eigenvalue weighted by Gasteiger charge is -2.03. The zero-order valence-corrected chi connectivity index (χ0v) is 13.7. The number of nitrogen functional groups attached to an aromatic ring is 1. The molecule has 25 heavy (non-hydrogen) atoms. The molecule has 0 fully saturated rings. The molecule has 0 aliphatic carbocycles. The molecule has 0 unspecified atom stereocenters. The van der Waals surface area contributed by atoms with Gasteiger partial charge in [0.25, 0.3) is 0 Å². The molecular weight excluding hydrogens is 343 g/mol. The first-order valence-corrected chi connectivity index (χ1v) is 7.55. The van der Waals surface area contributed by atoms with Gasteiger partial charge in [0.05, 0.1) is 11.4 Å². The minimum Gasteiger partial charge on any atom is -0.382 e. The molecule has 1 aromatic heterocycles. The van der Waals surface area contributed by atoms with E-state index in [1.165, 1.54) is 33.4 Å². The molecule has 0 saturated carbocycles. The average molecular weight is 356 g/mol. The zero-order valence-electron chi connectivity index (χ0n) is 12.8. The van der Waals surface area contributed by atoms with Gasteiger partial charge in [0.2, 0.25) is 10.9 Å². The van der Waals surface area contributed by atoms with E-state index in [2.05, 4.69) is 22.4 Å². The molecule has 0 aliphatic heterocycles. The summed E-state index contributed by atoms with van der Waals surface area (Å²) in [5, 5.41) is 7.30. The summed E-state index contributed by atoms with van der Waals surface area (Å²) in [6, 6.07) is 14.1. The molecule has 0 spiro atoms. The number of hydrogen-bond acceptors (Lipinski definition) is 4. The van der Waals surface area contributed by atoms with Crippen molar-refractivity contribution in [2.75, 3.05) is 5.73 Å². The molecule has 4 N–H and O–H groups in total. The first kappa shape index (κ1) is 16.5. The first-order valence-electron chi connectivity index (χ1n) is 7.15. The molecule has 9 heteroatoms. The van der Waals surface area contributed by atoms with E-state index >= 15 is 0 Å². The van der Waals surface area contributed by atoms with Crippen molar-refractivity contribution in [1.82, 2.24) is 9.13 Å². The van der Waals surface area contributed by atoms with Crippen molar-refractivity contribution in [2.45, 2.75) is 0 Å². The summed E-state index contributed by atoms with van der Waals surface area (Å²) >= 11 is 4.68. The highest BCUT2D eigenvalue weighted by molar-refractivity contribution is 7.80. The summed E-state index contributed by atoms with van der Waals surface area (Å²) in [5.41, 5.74) is 11.9. The van der Waals surface area contributed by atoms with Gasteiger partial charge >= 0.3 is 5.69 Å². The number of rotatable bonds is 3. The number of aromatic nitrogens is 2. The van der Waals surface area contributed by atoms with E-state index in [9.17, 15) is 9.18 Å². The van der Waals surface area contributed by atoms with Crippen LogP contribution in [0.3, 0.4) is 0 Å². The van der Waals surface area contributed by atoms with Crippen molar-refractivity contribution in [1.29, 1.82) is 0 Å². The Kier molecular flexibility index (Phi) is 4.40. The number of imidazole rings is 1. The van der Waals surface area contributed by atoms with Crippen LogP contribution in [0.1, 0.15) is 0 Å². The summed E-state index contributed by atoms with van der Waals surface area (Å²) in [6.07, 6.45) is 0. The summed E-state index contributed by atoms with van der Waals surface area (Å²) in [7, 11) is 0. The lowest BCUT2D eigenvalue weighted by molar-refractivity contribution is 0.627. The van der Waals surface area contributed by atoms with Crippen molar-refractivity contribution >= 4 is 29.0 Å². The third-order valence-corrected chi connectivity index (χ3v) is 3.49. The van der Waals surface area contributed by atoms with Crippen LogP contribution in [0.25, 0.3) is 11.4 Å². The van der Waals surface area contributed by atoms with Crippen molar-refractivity contribution in [3.05, 3.63) is 70.9 Å². The number of anilines is 1. The Morgan fingerprint density at radius 3 is 2.20 bits per heavy atom. The highest BCUT2D eigenvalue weighted by Gasteiger charge is 2.20. The molecule has 126 valence electrons. The Morgan fingerprint density at radius 1 is 1.00 bits per heavy atom. The van der Waals surface area contributed by atoms with Crippen LogP contribution in [0, 0.1) is 5.82 Å². The Labute approximate surface area is 147 Å². The Hall–Kier alpha value is -3.33. The second kappa shape index (κ2) is 6.65. The van der Waals surface area contributed by atoms with Crippen LogP contribution in [0.15, 0.2) is 69.6 Å². The molecule has 2 aromatic carbocycles. The molecule has 7 nitrogen and oxygen atoms in total. The van der Waals surface area contributed by atoms with Gasteiger partial charge in [0.1, 0.15) is 5.82 Å². The van der Waals surface area contributed by atoms with Crippen LogP contribution in [-0.2, 0) is 0 Å². The van der Waals surface area contributed by atoms with Gasteiger partial charge in [0.15, 0.2) is 5.82 Å². The van der Waals surface area contributed by atoms with E-state index in [4.69, 9.17) is 11.5 Å². The van der Waals surface area contributed by atoms with Crippen LogP contribution in [-0.4, -0.2) is 14.2 Å². The zero-order chi connectivity index (χ0) is 18.0. The molecule has 3 aromatic rings. The van der Waals surface area contributed by atoms with Gasteiger partial charge in [-0.05, 0) is 48.6 Å². The number of nitrogens with two attached hydrogens (primary N) is 2. The monoisotopic (exact) mass is 356 g/mol. The van der Waals surface area contributed by atoms with E-state index in [1.807, 2.05) is 6.07 Å². The van der Waals surface area contributed by atoms with Crippen LogP contribution in [0.2, 0.25) is 0 Å². The molecule has 0 bridgehead atoms. The van der Waals surface area contributed by atoms with Gasteiger partial charge in [-0.1, -0.05) is 18.2 Å². The van der Waals surface area contributed by atoms with Crippen molar-refractivity contribution in [2.24, 2.45) is 16.0 Å². The topological polar surface area (TPSA) is 104 Å². The van der Waals surface area contributed by atoms with Gasteiger partial charge in [0, 0.05) is 0 Å². The third kappa shape index (κ3) is 3.17. The van der Waals surface area contributed by atoms with Gasteiger partial charge in [-0.3, -0.25) is 0 Å². The van der Waals surface area contributed by atoms with Crippen LogP contribution in [0.4, 0.5) is 16.0 Å². The molecular formula is C16H13FN6OS. The Bertz CT molecular complexity index is 1010. The number of para-hydroxylation sites is 1. The van der Waals surface area contributed by atoms with Gasteiger partial charge in [-0.25, -0.2) is 18.3 Å². The van der Waals surface area contributed by atoms with E-state index < -0.39 is 11.5 Å². The largest absolute Gasteiger partial charge is 0.382 e. The standard InChI is InChI=1S/C16H13FN6OS/c17-10-6-8-12(9-7-10)23-14(20-21-15(19)25)13(18)22(16(23)24)11-4-2-1-3-5-11/h1-9H,18H2,(H2,19,25)/b21-20+. The minimum atomic E-state index is -0.479. The van der Waals surface area contributed by atoms with Gasteiger partial charge in [-0.15, -0.1) is 10.2 Å². The molecule has 3 rings (SSSR count). The summed E-state index contributed by atoms with van der Waals surface area (Å²) in [6.45, 7) is 0. The fourth-order valence-corrected chi connectivity index (χ4v) is 2.39. The van der Waals surface area contributed by atoms with Crippen molar-refractivity contribution in [3.8, 4) is 11.4 Å². The average Bonchev–Trinajstić information content (AvgIpc) is 2.85. The molecule has 0 amide bonds. The summed E-state index contributed by atoms with van der Waals surface area (Å²) in [4.78, 5) is 12.9. The minimum absolute atomic E-state index is 0.0493. The molecule has 0 saturated heterocycles. The lowest BCUT2D eigenvalue weighted by Crippen LogP contribution is -2.22. The molecule has 1 heterocycles. The second-order valence-corrected chi connectivity index (χ2v) is 5.43. The SMILES string of the molecule is NC(=S)/N=N/c1c(N)n(-c2ccccc2)c(=O)n1-c1ccc(F)cc1. The predicted octanol–water partition coefficient (Wildman–Crippen LogP) is 2.68. The van der Waals surface area contributed by atoms with Crippen LogP contribution >= 0.6 is 12.2 Å². The molecule has 0 atom stereocenters. The maximum atomic E-state index is 13.2. The Morgan fingerprint density at radius 2 is 1.60 bits per heavy atom. The van der Waals surface area contributed by atoms with Crippen molar-refractivity contribution in [3.63, 3.8) is 0 Å². The lowest BCUT2D eigenvalue weighted by atomic mass is 10.3. The maximum Gasteiger partial charge on any atom is 0.340 e. The Balaban J connectivity index is 2.30. The first-order chi connectivity index (χ1) is 12.0. The fraction of sp³-hybridized carbons (Fsp3) is 0. The number of nitrogens with zero attached hydrogens (tertiary/aromatic N) is 4.